The van der Waals surface area contributed by atoms with Crippen LogP contribution < -0.4 is 5.32 Å². The van der Waals surface area contributed by atoms with Crippen LogP contribution in [0.3, 0.4) is 0 Å². The summed E-state index contributed by atoms with van der Waals surface area (Å²) in [5.41, 5.74) is 2.81. The quantitative estimate of drug-likeness (QED) is 0.199. The molecule has 3 aromatic carbocycles. The summed E-state index contributed by atoms with van der Waals surface area (Å²) in [5.74, 6) is -0.844. The van der Waals surface area contributed by atoms with Crippen LogP contribution in [0.25, 0.3) is 0 Å². The first-order chi connectivity index (χ1) is 21.8. The second kappa shape index (κ2) is 17.3. The van der Waals surface area contributed by atoms with Crippen LogP contribution in [-0.4, -0.2) is 66.7 Å². The molecule has 10 nitrogen and oxygen atoms in total. The molecule has 1 saturated heterocycles. The number of benzene rings is 3. The summed E-state index contributed by atoms with van der Waals surface area (Å²) in [5, 5.41) is 2.84. The largest absolute Gasteiger partial charge is 0.457 e. The van der Waals surface area contributed by atoms with E-state index >= 15 is 0 Å². The summed E-state index contributed by atoms with van der Waals surface area (Å²) in [6.07, 6.45) is -2.93. The maximum atomic E-state index is 13.1. The van der Waals surface area contributed by atoms with Crippen LogP contribution in [0.15, 0.2) is 91.0 Å². The minimum Gasteiger partial charge on any atom is -0.457 e. The van der Waals surface area contributed by atoms with Crippen molar-refractivity contribution < 1.29 is 38.1 Å². The Balaban J connectivity index is 1.39. The third-order valence-electron chi connectivity index (χ3n) is 7.27. The van der Waals surface area contributed by atoms with Gasteiger partial charge in [-0.1, -0.05) is 91.0 Å². The highest BCUT2D eigenvalue weighted by Gasteiger charge is 2.48. The fourth-order valence-electron chi connectivity index (χ4n) is 5.16. The topological polar surface area (TPSA) is 113 Å². The van der Waals surface area contributed by atoms with E-state index in [1.165, 1.54) is 13.8 Å². The lowest BCUT2D eigenvalue weighted by Crippen LogP contribution is -2.65. The average molecular weight is 619 g/mol. The smallest absolute Gasteiger partial charge is 0.410 e. The third kappa shape index (κ3) is 10.7. The molecule has 0 saturated carbocycles. The molecule has 2 amide bonds. The Labute approximate surface area is 264 Å². The number of hydrogen-bond acceptors (Lipinski definition) is 8. The van der Waals surface area contributed by atoms with Crippen molar-refractivity contribution in [2.75, 3.05) is 13.2 Å². The van der Waals surface area contributed by atoms with Gasteiger partial charge in [-0.05, 0) is 30.0 Å². The Hall–Kier alpha value is -4.25. The molecule has 1 N–H and O–H groups in total. The molecular formula is C35H42N2O8. The number of carbonyl (C=O) groups is 3. The van der Waals surface area contributed by atoms with E-state index < -0.39 is 42.7 Å². The highest BCUT2D eigenvalue weighted by atomic mass is 16.7. The predicted octanol–water partition coefficient (Wildman–Crippen LogP) is 5.00. The fraction of sp³-hybridized carbons (Fsp3) is 0.400. The number of nitrogens with zero attached hydrogens (tertiary/aromatic N) is 1. The molecule has 0 unspecified atom stereocenters. The zero-order valence-corrected chi connectivity index (χ0v) is 26.0. The molecule has 1 fully saturated rings. The standard InChI is InChI=1S/C35H42N2O8/c1-25-32(42-23-29-16-9-5-10-17-29)33(45-27(3)39)31(36-26(2)38)34(44-25)41-21-13-20-37(22-28-14-7-4-8-15-28)35(40)43-24-30-18-11-6-12-19-30/h4-12,14-19,25,31-34H,13,20-24H2,1-3H3,(H,36,38)/t25-,31-,32-,33-,34+/m1/s1. The van der Waals surface area contributed by atoms with Gasteiger partial charge in [-0.2, -0.15) is 0 Å². The van der Waals surface area contributed by atoms with Gasteiger partial charge in [0.15, 0.2) is 12.4 Å². The number of ether oxygens (including phenoxy) is 5. The molecule has 1 heterocycles. The fourth-order valence-corrected chi connectivity index (χ4v) is 5.16. The predicted molar refractivity (Wildman–Crippen MR) is 167 cm³/mol. The Kier molecular flexibility index (Phi) is 12.9. The summed E-state index contributed by atoms with van der Waals surface area (Å²) in [6.45, 7) is 5.87. The summed E-state index contributed by atoms with van der Waals surface area (Å²) >= 11 is 0. The molecule has 0 bridgehead atoms. The number of carbonyl (C=O) groups excluding carboxylic acids is 3. The van der Waals surface area contributed by atoms with Gasteiger partial charge in [-0.3, -0.25) is 9.59 Å². The SMILES string of the molecule is CC(=O)N[C@H]1[C@@H](OCCCN(Cc2ccccc2)C(=O)OCc2ccccc2)O[C@H](C)[C@@H](OCc2ccccc2)[C@@H]1OC(C)=O. The molecule has 45 heavy (non-hydrogen) atoms. The van der Waals surface area contributed by atoms with Crippen LogP contribution in [0.1, 0.15) is 43.9 Å². The molecular weight excluding hydrogens is 576 g/mol. The molecule has 240 valence electrons. The van der Waals surface area contributed by atoms with Gasteiger partial charge in [0.05, 0.1) is 19.3 Å². The van der Waals surface area contributed by atoms with Crippen LogP contribution in [0.4, 0.5) is 4.79 Å². The van der Waals surface area contributed by atoms with Crippen LogP contribution in [-0.2, 0) is 53.0 Å². The molecule has 0 spiro atoms. The van der Waals surface area contributed by atoms with E-state index in [0.717, 1.165) is 16.7 Å². The molecule has 3 aromatic rings. The lowest BCUT2D eigenvalue weighted by Gasteiger charge is -2.44. The molecule has 1 aliphatic heterocycles. The van der Waals surface area contributed by atoms with Gasteiger partial charge in [-0.15, -0.1) is 0 Å². The molecule has 0 radical (unpaired) electrons. The van der Waals surface area contributed by atoms with Crippen LogP contribution in [0.5, 0.6) is 0 Å². The van der Waals surface area contributed by atoms with Gasteiger partial charge in [0.1, 0.15) is 18.8 Å². The maximum absolute atomic E-state index is 13.1. The normalized spacial score (nSPS) is 21.0. The van der Waals surface area contributed by atoms with Crippen LogP contribution in [0, 0.1) is 0 Å². The number of amides is 2. The van der Waals surface area contributed by atoms with Gasteiger partial charge < -0.3 is 33.9 Å². The lowest BCUT2D eigenvalue weighted by atomic mass is 9.96. The van der Waals surface area contributed by atoms with E-state index in [2.05, 4.69) is 5.32 Å². The minimum absolute atomic E-state index is 0.165. The molecule has 10 heteroatoms. The van der Waals surface area contributed by atoms with E-state index in [9.17, 15) is 14.4 Å². The summed E-state index contributed by atoms with van der Waals surface area (Å²) in [4.78, 5) is 39.1. The Morgan fingerprint density at radius 3 is 1.93 bits per heavy atom. The first kappa shape index (κ1) is 33.6. The number of nitrogens with one attached hydrogen (secondary N) is 1. The lowest BCUT2D eigenvalue weighted by molar-refractivity contribution is -0.273. The van der Waals surface area contributed by atoms with E-state index in [1.54, 1.807) is 4.90 Å². The van der Waals surface area contributed by atoms with Crippen LogP contribution >= 0.6 is 0 Å². The van der Waals surface area contributed by atoms with Gasteiger partial charge in [0, 0.05) is 26.9 Å². The Bertz CT molecular complexity index is 1340. The van der Waals surface area contributed by atoms with Crippen molar-refractivity contribution in [1.82, 2.24) is 10.2 Å². The Morgan fingerprint density at radius 2 is 1.36 bits per heavy atom. The van der Waals surface area contributed by atoms with Gasteiger partial charge in [-0.25, -0.2) is 4.79 Å². The van der Waals surface area contributed by atoms with Gasteiger partial charge in [0.25, 0.3) is 0 Å². The van der Waals surface area contributed by atoms with E-state index in [-0.39, 0.29) is 25.7 Å². The van der Waals surface area contributed by atoms with E-state index in [0.29, 0.717) is 19.5 Å². The molecule has 4 rings (SSSR count). The number of rotatable bonds is 14. The number of esters is 1. The van der Waals surface area contributed by atoms with E-state index in [4.69, 9.17) is 23.7 Å². The molecule has 1 aliphatic rings. The summed E-state index contributed by atoms with van der Waals surface area (Å²) in [7, 11) is 0. The highest BCUT2D eigenvalue weighted by Crippen LogP contribution is 2.28. The monoisotopic (exact) mass is 618 g/mol. The highest BCUT2D eigenvalue weighted by molar-refractivity contribution is 5.73. The maximum Gasteiger partial charge on any atom is 0.410 e. The van der Waals surface area contributed by atoms with Crippen LogP contribution in [0.2, 0.25) is 0 Å². The van der Waals surface area contributed by atoms with Crippen molar-refractivity contribution in [2.45, 2.75) is 77.6 Å². The molecule has 0 aromatic heterocycles. The second-order valence-corrected chi connectivity index (χ2v) is 10.9. The third-order valence-corrected chi connectivity index (χ3v) is 7.27. The van der Waals surface area contributed by atoms with Crippen molar-refractivity contribution in [3.8, 4) is 0 Å². The Morgan fingerprint density at radius 1 is 0.778 bits per heavy atom. The van der Waals surface area contributed by atoms with Crippen molar-refractivity contribution in [3.63, 3.8) is 0 Å². The van der Waals surface area contributed by atoms with Gasteiger partial charge >= 0.3 is 12.1 Å². The number of hydrogen-bond donors (Lipinski definition) is 1. The van der Waals surface area contributed by atoms with Crippen molar-refractivity contribution >= 4 is 18.0 Å². The van der Waals surface area contributed by atoms with Gasteiger partial charge in [0.2, 0.25) is 5.91 Å². The second-order valence-electron chi connectivity index (χ2n) is 10.9. The first-order valence-corrected chi connectivity index (χ1v) is 15.2. The summed E-state index contributed by atoms with van der Waals surface area (Å²) < 4.78 is 29.8. The zero-order valence-electron chi connectivity index (χ0n) is 26.0. The zero-order chi connectivity index (χ0) is 32.0. The minimum atomic E-state index is -0.919. The summed E-state index contributed by atoms with van der Waals surface area (Å²) in [6, 6.07) is 28.0. The van der Waals surface area contributed by atoms with E-state index in [1.807, 2.05) is 97.9 Å². The van der Waals surface area contributed by atoms with Crippen molar-refractivity contribution in [3.05, 3.63) is 108 Å². The molecule has 0 aliphatic carbocycles. The van der Waals surface area contributed by atoms with Crippen molar-refractivity contribution in [1.29, 1.82) is 0 Å². The van der Waals surface area contributed by atoms with Crippen molar-refractivity contribution in [2.24, 2.45) is 0 Å². The average Bonchev–Trinajstić information content (AvgIpc) is 3.03. The molecule has 5 atom stereocenters. The first-order valence-electron chi connectivity index (χ1n) is 15.2.